The van der Waals surface area contributed by atoms with Gasteiger partial charge in [0.1, 0.15) is 0 Å². The van der Waals surface area contributed by atoms with E-state index in [1.165, 1.54) is 0 Å². The highest BCUT2D eigenvalue weighted by molar-refractivity contribution is 5.86. The molecule has 0 bridgehead atoms. The minimum absolute atomic E-state index is 0.320. The predicted molar refractivity (Wildman–Crippen MR) is 81.4 cm³/mol. The van der Waals surface area contributed by atoms with E-state index in [4.69, 9.17) is 5.73 Å². The summed E-state index contributed by atoms with van der Waals surface area (Å²) in [5, 5.41) is 9.68. The Morgan fingerprint density at radius 2 is 2.10 bits per heavy atom. The van der Waals surface area contributed by atoms with Gasteiger partial charge in [-0.3, -0.25) is 4.79 Å². The van der Waals surface area contributed by atoms with E-state index >= 15 is 0 Å². The number of hydrogen-bond donors (Lipinski definition) is 2. The first kappa shape index (κ1) is 16.7. The highest BCUT2D eigenvalue weighted by atomic mass is 16.3. The lowest BCUT2D eigenvalue weighted by molar-refractivity contribution is -0.123. The Morgan fingerprint density at radius 1 is 1.45 bits per heavy atom. The quantitative estimate of drug-likeness (QED) is 0.799. The molecule has 0 aliphatic rings. The third kappa shape index (κ3) is 4.05. The maximum Gasteiger partial charge on any atom is 0.227 e. The maximum absolute atomic E-state index is 11.9. The van der Waals surface area contributed by atoms with E-state index < -0.39 is 11.5 Å². The number of rotatable bonds is 7. The summed E-state index contributed by atoms with van der Waals surface area (Å²) in [4.78, 5) is 14.0. The Labute approximate surface area is 121 Å². The van der Waals surface area contributed by atoms with Crippen LogP contribution in [0.1, 0.15) is 43.9 Å². The van der Waals surface area contributed by atoms with Crippen LogP contribution in [0.15, 0.2) is 24.3 Å². The van der Waals surface area contributed by atoms with Crippen LogP contribution in [-0.4, -0.2) is 36.6 Å². The molecule has 4 nitrogen and oxygen atoms in total. The van der Waals surface area contributed by atoms with E-state index in [1.54, 1.807) is 6.92 Å². The summed E-state index contributed by atoms with van der Waals surface area (Å²) in [7, 11) is 4.02. The summed E-state index contributed by atoms with van der Waals surface area (Å²) in [6, 6.07) is 7.51. The number of aliphatic hydroxyl groups excluding tert-OH is 1. The van der Waals surface area contributed by atoms with Crippen molar-refractivity contribution in [3.05, 3.63) is 35.4 Å². The van der Waals surface area contributed by atoms with Gasteiger partial charge in [-0.05, 0) is 58.5 Å². The van der Waals surface area contributed by atoms with Gasteiger partial charge >= 0.3 is 0 Å². The first-order valence-corrected chi connectivity index (χ1v) is 7.00. The minimum Gasteiger partial charge on any atom is -0.389 e. The van der Waals surface area contributed by atoms with Crippen molar-refractivity contribution in [2.24, 2.45) is 5.73 Å². The third-order valence-corrected chi connectivity index (χ3v) is 3.83. The van der Waals surface area contributed by atoms with Crippen molar-refractivity contribution >= 4 is 5.91 Å². The van der Waals surface area contributed by atoms with Crippen LogP contribution in [0.5, 0.6) is 0 Å². The van der Waals surface area contributed by atoms with Crippen molar-refractivity contribution in [3.8, 4) is 0 Å². The van der Waals surface area contributed by atoms with Crippen molar-refractivity contribution in [3.63, 3.8) is 0 Å². The molecule has 0 aliphatic heterocycles. The molecule has 0 spiro atoms. The van der Waals surface area contributed by atoms with Gasteiger partial charge in [-0.15, -0.1) is 0 Å². The zero-order valence-corrected chi connectivity index (χ0v) is 12.9. The maximum atomic E-state index is 11.9. The molecule has 2 atom stereocenters. The van der Waals surface area contributed by atoms with Crippen molar-refractivity contribution in [1.29, 1.82) is 0 Å². The second kappa shape index (κ2) is 6.86. The number of hydrogen-bond acceptors (Lipinski definition) is 3. The Morgan fingerprint density at radius 3 is 2.60 bits per heavy atom. The van der Waals surface area contributed by atoms with Crippen LogP contribution < -0.4 is 5.73 Å². The number of nitrogens with two attached hydrogens (primary N) is 1. The molecule has 3 N–H and O–H groups in total. The fourth-order valence-corrected chi connectivity index (χ4v) is 2.30. The molecular weight excluding hydrogens is 252 g/mol. The van der Waals surface area contributed by atoms with Gasteiger partial charge in [-0.25, -0.2) is 0 Å². The van der Waals surface area contributed by atoms with Crippen LogP contribution in [0.2, 0.25) is 0 Å². The van der Waals surface area contributed by atoms with Crippen molar-refractivity contribution in [1.82, 2.24) is 4.90 Å². The molecule has 0 heterocycles. The molecule has 0 radical (unpaired) electrons. The average molecular weight is 278 g/mol. The van der Waals surface area contributed by atoms with Gasteiger partial charge in [0.05, 0.1) is 11.5 Å². The van der Waals surface area contributed by atoms with Crippen LogP contribution in [-0.2, 0) is 10.2 Å². The lowest BCUT2D eigenvalue weighted by Gasteiger charge is -2.28. The summed E-state index contributed by atoms with van der Waals surface area (Å²) in [5.41, 5.74) is 6.62. The van der Waals surface area contributed by atoms with Crippen LogP contribution in [0, 0.1) is 0 Å². The normalized spacial score (nSPS) is 15.9. The molecule has 1 rings (SSSR count). The number of amides is 1. The zero-order valence-electron chi connectivity index (χ0n) is 12.9. The molecule has 0 saturated heterocycles. The fourth-order valence-electron chi connectivity index (χ4n) is 2.30. The van der Waals surface area contributed by atoms with Crippen LogP contribution in [0.3, 0.4) is 0 Å². The van der Waals surface area contributed by atoms with Crippen LogP contribution in [0.4, 0.5) is 0 Å². The Balaban J connectivity index is 3.00. The van der Waals surface area contributed by atoms with E-state index in [2.05, 4.69) is 4.90 Å². The lowest BCUT2D eigenvalue weighted by atomic mass is 9.77. The molecular formula is C16H26N2O2. The van der Waals surface area contributed by atoms with E-state index in [9.17, 15) is 9.90 Å². The molecule has 0 aromatic heterocycles. The number of nitrogens with zero attached hydrogens (tertiary/aromatic N) is 1. The second-order valence-corrected chi connectivity index (χ2v) is 5.90. The van der Waals surface area contributed by atoms with Crippen LogP contribution in [0.25, 0.3) is 0 Å². The molecule has 0 fully saturated rings. The fraction of sp³-hybridized carbons (Fsp3) is 0.562. The summed E-state index contributed by atoms with van der Waals surface area (Å²) >= 11 is 0. The minimum atomic E-state index is -0.694. The molecule has 4 heteroatoms. The van der Waals surface area contributed by atoms with Gasteiger partial charge in [0.25, 0.3) is 0 Å². The number of carbonyl (C=O) groups excluding carboxylic acids is 1. The molecule has 0 saturated carbocycles. The number of aliphatic hydroxyl groups is 1. The molecule has 1 amide bonds. The van der Waals surface area contributed by atoms with Crippen molar-refractivity contribution in [2.75, 3.05) is 20.6 Å². The number of carbonyl (C=O) groups is 1. The molecule has 2 unspecified atom stereocenters. The monoisotopic (exact) mass is 278 g/mol. The van der Waals surface area contributed by atoms with Gasteiger partial charge in [0.2, 0.25) is 5.91 Å². The smallest absolute Gasteiger partial charge is 0.227 e. The summed E-state index contributed by atoms with van der Waals surface area (Å²) < 4.78 is 0. The Kier molecular flexibility index (Phi) is 5.72. The lowest BCUT2D eigenvalue weighted by Crippen LogP contribution is -2.39. The highest BCUT2D eigenvalue weighted by Gasteiger charge is 2.33. The van der Waals surface area contributed by atoms with E-state index in [-0.39, 0.29) is 5.91 Å². The zero-order chi connectivity index (χ0) is 15.3. The van der Waals surface area contributed by atoms with E-state index in [1.807, 2.05) is 45.3 Å². The average Bonchev–Trinajstić information content (AvgIpc) is 2.37. The van der Waals surface area contributed by atoms with Gasteiger partial charge in [0, 0.05) is 0 Å². The standard InChI is InChI=1S/C16H26N2O2/c1-12(19)13-7-5-8-14(11-13)16(2,15(17)20)9-6-10-18(3)4/h5,7-8,11-12,19H,6,9-10H2,1-4H3,(H2,17,20). The molecule has 1 aromatic carbocycles. The van der Waals surface area contributed by atoms with Crippen molar-refractivity contribution < 1.29 is 9.90 Å². The van der Waals surface area contributed by atoms with Gasteiger partial charge in [-0.1, -0.05) is 24.3 Å². The topological polar surface area (TPSA) is 66.6 Å². The first-order valence-electron chi connectivity index (χ1n) is 7.00. The second-order valence-electron chi connectivity index (χ2n) is 5.90. The highest BCUT2D eigenvalue weighted by Crippen LogP contribution is 2.30. The Bertz CT molecular complexity index is 458. The molecule has 0 aliphatic carbocycles. The summed E-state index contributed by atoms with van der Waals surface area (Å²) in [6.45, 7) is 4.51. The largest absolute Gasteiger partial charge is 0.389 e. The van der Waals surface area contributed by atoms with Gasteiger partial charge < -0.3 is 15.7 Å². The summed E-state index contributed by atoms with van der Waals surface area (Å²) in [6.07, 6.45) is 1.05. The third-order valence-electron chi connectivity index (χ3n) is 3.83. The van der Waals surface area contributed by atoms with E-state index in [0.29, 0.717) is 6.42 Å². The number of benzene rings is 1. The van der Waals surface area contributed by atoms with Crippen LogP contribution >= 0.6 is 0 Å². The SMILES string of the molecule is CC(O)c1cccc(C(C)(CCCN(C)C)C(N)=O)c1. The Hall–Kier alpha value is -1.39. The van der Waals surface area contributed by atoms with E-state index in [0.717, 1.165) is 24.1 Å². The molecule has 20 heavy (non-hydrogen) atoms. The molecule has 1 aromatic rings. The summed E-state index contributed by atoms with van der Waals surface area (Å²) in [5.74, 6) is -0.320. The van der Waals surface area contributed by atoms with Gasteiger partial charge in [-0.2, -0.15) is 0 Å². The van der Waals surface area contributed by atoms with Crippen molar-refractivity contribution in [2.45, 2.75) is 38.2 Å². The predicted octanol–water partition coefficient (Wildman–Crippen LogP) is 1.82. The van der Waals surface area contributed by atoms with Gasteiger partial charge in [0.15, 0.2) is 0 Å². The number of primary amides is 1. The first-order chi connectivity index (χ1) is 9.27. The molecule has 112 valence electrons.